The van der Waals surface area contributed by atoms with Gasteiger partial charge in [0.25, 0.3) is 0 Å². The third-order valence-electron chi connectivity index (χ3n) is 4.26. The van der Waals surface area contributed by atoms with Crippen LogP contribution in [-0.2, 0) is 10.0 Å². The van der Waals surface area contributed by atoms with Gasteiger partial charge in [0.1, 0.15) is 0 Å². The van der Waals surface area contributed by atoms with E-state index in [4.69, 9.17) is 0 Å². The Morgan fingerprint density at radius 3 is 2.42 bits per heavy atom. The highest BCUT2D eigenvalue weighted by Crippen LogP contribution is 2.33. The van der Waals surface area contributed by atoms with Crippen LogP contribution in [0.1, 0.15) is 36.5 Å². The molecule has 0 bridgehead atoms. The fraction of sp³-hybridized carbons (Fsp3) is 0.316. The number of hydrogen-bond donors (Lipinski definition) is 1. The molecule has 0 radical (unpaired) electrons. The Hall–Kier alpha value is -2.14. The van der Waals surface area contributed by atoms with Gasteiger partial charge in [0, 0.05) is 5.56 Å². The summed E-state index contributed by atoms with van der Waals surface area (Å²) in [4.78, 5) is 11.8. The molecule has 3 rings (SSSR count). The molecule has 0 heterocycles. The van der Waals surface area contributed by atoms with Gasteiger partial charge in [-0.2, -0.15) is 0 Å². The summed E-state index contributed by atoms with van der Waals surface area (Å²) in [6.07, 6.45) is 2.93. The molecule has 0 aromatic heterocycles. The number of carbonyl (C=O) groups excluding carboxylic acids is 1. The van der Waals surface area contributed by atoms with Gasteiger partial charge in [-0.3, -0.25) is 9.52 Å². The van der Waals surface area contributed by atoms with Gasteiger partial charge in [0.2, 0.25) is 10.0 Å². The normalized spacial score (nSPS) is 14.4. The van der Waals surface area contributed by atoms with Crippen LogP contribution in [0.2, 0.25) is 0 Å². The number of hydrogen-bond acceptors (Lipinski definition) is 3. The van der Waals surface area contributed by atoms with Crippen LogP contribution in [0.3, 0.4) is 0 Å². The lowest BCUT2D eigenvalue weighted by atomic mass is 10.0. The molecule has 1 saturated carbocycles. The summed E-state index contributed by atoms with van der Waals surface area (Å²) in [5, 5.41) is 0. The molecule has 0 saturated heterocycles. The fourth-order valence-electron chi connectivity index (χ4n) is 2.69. The van der Waals surface area contributed by atoms with E-state index in [0.717, 1.165) is 24.0 Å². The van der Waals surface area contributed by atoms with Crippen molar-refractivity contribution in [2.45, 2.75) is 26.2 Å². The predicted octanol–water partition coefficient (Wildman–Crippen LogP) is 4.10. The second-order valence-electron chi connectivity index (χ2n) is 6.34. The first kappa shape index (κ1) is 16.7. The Morgan fingerprint density at radius 2 is 1.79 bits per heavy atom. The molecule has 1 aliphatic carbocycles. The van der Waals surface area contributed by atoms with Crippen LogP contribution < -0.4 is 4.72 Å². The van der Waals surface area contributed by atoms with Crippen molar-refractivity contribution in [2.75, 3.05) is 10.5 Å². The zero-order chi connectivity index (χ0) is 17.2. The maximum absolute atomic E-state index is 12.3. The molecule has 0 aliphatic heterocycles. The molecule has 126 valence electrons. The third-order valence-corrected chi connectivity index (χ3v) is 5.57. The first-order valence-electron chi connectivity index (χ1n) is 8.15. The number of ketones is 1. The Labute approximate surface area is 143 Å². The standard InChI is InChI=1S/C19H21NO3S/c1-14(21)18-10-9-17(16-5-3-2-4-6-16)13-19(18)20-24(22,23)12-11-15-7-8-15/h2-6,9-10,13,15,20H,7-8,11-12H2,1H3. The van der Waals surface area contributed by atoms with Crippen molar-refractivity contribution in [3.05, 3.63) is 54.1 Å². The Balaban J connectivity index is 1.90. The maximum atomic E-state index is 12.3. The van der Waals surface area contributed by atoms with E-state index < -0.39 is 10.0 Å². The number of sulfonamides is 1. The molecule has 1 aliphatic rings. The van der Waals surface area contributed by atoms with E-state index in [1.165, 1.54) is 6.92 Å². The largest absolute Gasteiger partial charge is 0.294 e. The van der Waals surface area contributed by atoms with Gasteiger partial charge in [-0.15, -0.1) is 0 Å². The highest BCUT2D eigenvalue weighted by Gasteiger charge is 2.24. The second kappa shape index (κ2) is 6.77. The van der Waals surface area contributed by atoms with Gasteiger partial charge >= 0.3 is 0 Å². The second-order valence-corrected chi connectivity index (χ2v) is 8.18. The van der Waals surface area contributed by atoms with Crippen molar-refractivity contribution >= 4 is 21.5 Å². The van der Waals surface area contributed by atoms with Gasteiger partial charge in [-0.05, 0) is 42.5 Å². The lowest BCUT2D eigenvalue weighted by Gasteiger charge is -2.13. The monoisotopic (exact) mass is 343 g/mol. The van der Waals surface area contributed by atoms with Crippen LogP contribution in [0.4, 0.5) is 5.69 Å². The van der Waals surface area contributed by atoms with Crippen molar-refractivity contribution in [3.8, 4) is 11.1 Å². The zero-order valence-corrected chi connectivity index (χ0v) is 14.5. The number of Topliss-reactive ketones (excluding diaryl/α,β-unsaturated/α-hetero) is 1. The number of benzene rings is 2. The summed E-state index contributed by atoms with van der Waals surface area (Å²) < 4.78 is 27.3. The third kappa shape index (κ3) is 4.23. The molecule has 0 atom stereocenters. The quantitative estimate of drug-likeness (QED) is 0.770. The van der Waals surface area contributed by atoms with Gasteiger partial charge in [0.05, 0.1) is 11.4 Å². The molecular weight excluding hydrogens is 322 g/mol. The van der Waals surface area contributed by atoms with E-state index in [9.17, 15) is 13.2 Å². The Morgan fingerprint density at radius 1 is 1.08 bits per heavy atom. The molecule has 0 spiro atoms. The summed E-state index contributed by atoms with van der Waals surface area (Å²) in [5.41, 5.74) is 2.61. The van der Waals surface area contributed by atoms with Gasteiger partial charge in [-0.25, -0.2) is 8.42 Å². The zero-order valence-electron chi connectivity index (χ0n) is 13.7. The molecule has 4 nitrogen and oxygen atoms in total. The van der Waals surface area contributed by atoms with Crippen LogP contribution in [-0.4, -0.2) is 20.0 Å². The average Bonchev–Trinajstić information content (AvgIpc) is 3.37. The van der Waals surface area contributed by atoms with E-state index in [0.29, 0.717) is 23.6 Å². The first-order valence-corrected chi connectivity index (χ1v) is 9.81. The van der Waals surface area contributed by atoms with Crippen LogP contribution in [0.5, 0.6) is 0 Å². The van der Waals surface area contributed by atoms with Crippen molar-refractivity contribution in [1.29, 1.82) is 0 Å². The summed E-state index contributed by atoms with van der Waals surface area (Å²) in [5.74, 6) is 0.490. The van der Waals surface area contributed by atoms with E-state index in [1.54, 1.807) is 12.1 Å². The number of rotatable bonds is 7. The van der Waals surface area contributed by atoms with Gasteiger partial charge in [-0.1, -0.05) is 49.2 Å². The van der Waals surface area contributed by atoms with Crippen molar-refractivity contribution in [3.63, 3.8) is 0 Å². The molecule has 0 unspecified atom stereocenters. The van der Waals surface area contributed by atoms with Crippen LogP contribution in [0.15, 0.2) is 48.5 Å². The minimum absolute atomic E-state index is 0.102. The van der Waals surface area contributed by atoms with Crippen LogP contribution in [0.25, 0.3) is 11.1 Å². The molecule has 2 aromatic rings. The number of nitrogens with one attached hydrogen (secondary N) is 1. The maximum Gasteiger partial charge on any atom is 0.232 e. The summed E-state index contributed by atoms with van der Waals surface area (Å²) >= 11 is 0. The number of carbonyl (C=O) groups is 1. The van der Waals surface area contributed by atoms with E-state index in [-0.39, 0.29) is 11.5 Å². The molecule has 1 N–H and O–H groups in total. The van der Waals surface area contributed by atoms with Gasteiger partial charge in [0.15, 0.2) is 5.78 Å². The molecular formula is C19H21NO3S. The van der Waals surface area contributed by atoms with Crippen LogP contribution >= 0.6 is 0 Å². The van der Waals surface area contributed by atoms with Gasteiger partial charge < -0.3 is 0 Å². The predicted molar refractivity (Wildman–Crippen MR) is 96.6 cm³/mol. The van der Waals surface area contributed by atoms with Crippen LogP contribution in [0, 0.1) is 5.92 Å². The average molecular weight is 343 g/mol. The Bertz CT molecular complexity index is 840. The summed E-state index contributed by atoms with van der Waals surface area (Å²) in [6, 6.07) is 14.9. The summed E-state index contributed by atoms with van der Waals surface area (Å²) in [7, 11) is -3.45. The highest BCUT2D eigenvalue weighted by molar-refractivity contribution is 7.92. The lowest BCUT2D eigenvalue weighted by Crippen LogP contribution is -2.18. The first-order chi connectivity index (χ1) is 11.4. The van der Waals surface area contributed by atoms with Crippen molar-refractivity contribution < 1.29 is 13.2 Å². The minimum atomic E-state index is -3.45. The van der Waals surface area contributed by atoms with E-state index in [2.05, 4.69) is 4.72 Å². The fourth-order valence-corrected chi connectivity index (χ4v) is 3.94. The summed E-state index contributed by atoms with van der Waals surface area (Å²) in [6.45, 7) is 1.44. The lowest BCUT2D eigenvalue weighted by molar-refractivity contribution is 0.101. The van der Waals surface area contributed by atoms with E-state index >= 15 is 0 Å². The van der Waals surface area contributed by atoms with Crippen molar-refractivity contribution in [1.82, 2.24) is 0 Å². The molecule has 0 amide bonds. The molecule has 2 aromatic carbocycles. The SMILES string of the molecule is CC(=O)c1ccc(-c2ccccc2)cc1NS(=O)(=O)CCC1CC1. The van der Waals surface area contributed by atoms with Crippen molar-refractivity contribution in [2.24, 2.45) is 5.92 Å². The smallest absolute Gasteiger partial charge is 0.232 e. The molecule has 24 heavy (non-hydrogen) atoms. The highest BCUT2D eigenvalue weighted by atomic mass is 32.2. The molecule has 5 heteroatoms. The minimum Gasteiger partial charge on any atom is -0.294 e. The van der Waals surface area contributed by atoms with E-state index in [1.807, 2.05) is 36.4 Å². The number of anilines is 1. The molecule has 1 fully saturated rings. The topological polar surface area (TPSA) is 63.2 Å². The Kier molecular flexibility index (Phi) is 4.71.